The van der Waals surface area contributed by atoms with Gasteiger partial charge in [0, 0.05) is 42.9 Å². The SMILES string of the molecule is O=C(CCN1CCC(c2ccc3[nH]ccc3c2)C1)c1ccc2cc3c(=O)ccoc3cc2c1. The lowest BCUT2D eigenvalue weighted by molar-refractivity contribution is 0.0969. The molecule has 1 fully saturated rings. The summed E-state index contributed by atoms with van der Waals surface area (Å²) in [7, 11) is 0. The van der Waals surface area contributed by atoms with Crippen LogP contribution in [0, 0.1) is 0 Å². The second kappa shape index (κ2) is 8.01. The van der Waals surface area contributed by atoms with Gasteiger partial charge in [0.05, 0.1) is 11.6 Å². The molecule has 1 atom stereocenters. The third-order valence-corrected chi connectivity index (χ3v) is 6.92. The standard InChI is InChI=1S/C28H24N2O3/c31-26(21-2-1-19-15-24-27(32)8-12-33-28(24)16-23(19)14-21)7-11-30-10-6-22(17-30)18-3-4-25-20(13-18)5-9-29-25/h1-5,8-9,12-16,22,29H,6-7,10-11,17H2. The van der Waals surface area contributed by atoms with Crippen molar-refractivity contribution in [3.05, 3.63) is 94.5 Å². The molecule has 3 aromatic carbocycles. The zero-order valence-electron chi connectivity index (χ0n) is 18.2. The number of ketones is 1. The molecule has 0 saturated carbocycles. The highest BCUT2D eigenvalue weighted by atomic mass is 16.3. The summed E-state index contributed by atoms with van der Waals surface area (Å²) < 4.78 is 5.49. The van der Waals surface area contributed by atoms with Gasteiger partial charge in [0.15, 0.2) is 11.2 Å². The van der Waals surface area contributed by atoms with Crippen LogP contribution in [0.3, 0.4) is 0 Å². The van der Waals surface area contributed by atoms with E-state index in [2.05, 4.69) is 34.1 Å². The van der Waals surface area contributed by atoms with E-state index in [0.717, 1.165) is 36.8 Å². The molecule has 2 aromatic heterocycles. The van der Waals surface area contributed by atoms with Crippen LogP contribution in [0.15, 0.2) is 82.3 Å². The third-order valence-electron chi connectivity index (χ3n) is 6.92. The van der Waals surface area contributed by atoms with E-state index in [-0.39, 0.29) is 11.2 Å². The molecule has 164 valence electrons. The molecule has 1 N–H and O–H groups in total. The molecule has 1 unspecified atom stereocenters. The lowest BCUT2D eigenvalue weighted by Gasteiger charge is -2.16. The highest BCUT2D eigenvalue weighted by molar-refractivity contribution is 6.02. The van der Waals surface area contributed by atoms with Gasteiger partial charge in [-0.1, -0.05) is 18.2 Å². The number of nitrogens with zero attached hydrogens (tertiary/aromatic N) is 1. The molecule has 33 heavy (non-hydrogen) atoms. The largest absolute Gasteiger partial charge is 0.464 e. The quantitative estimate of drug-likeness (QED) is 0.292. The molecular weight excluding hydrogens is 412 g/mol. The Morgan fingerprint density at radius 2 is 1.94 bits per heavy atom. The monoisotopic (exact) mass is 436 g/mol. The van der Waals surface area contributed by atoms with Crippen molar-refractivity contribution in [2.24, 2.45) is 0 Å². The molecular formula is C28H24N2O3. The first-order valence-electron chi connectivity index (χ1n) is 11.4. The van der Waals surface area contributed by atoms with E-state index in [1.54, 1.807) is 0 Å². The van der Waals surface area contributed by atoms with Gasteiger partial charge < -0.3 is 14.3 Å². The molecule has 1 saturated heterocycles. The number of Topliss-reactive ketones (excluding diaryl/α,β-unsaturated/α-hetero) is 1. The van der Waals surface area contributed by atoms with Crippen molar-refractivity contribution in [1.29, 1.82) is 0 Å². The first-order chi connectivity index (χ1) is 16.1. The third kappa shape index (κ3) is 3.74. The van der Waals surface area contributed by atoms with Gasteiger partial charge in [0.2, 0.25) is 0 Å². The number of H-pyrrole nitrogens is 1. The number of hydrogen-bond donors (Lipinski definition) is 1. The number of hydrogen-bond acceptors (Lipinski definition) is 4. The maximum atomic E-state index is 12.9. The Balaban J connectivity index is 1.14. The number of carbonyl (C=O) groups is 1. The molecule has 0 amide bonds. The molecule has 1 aliphatic rings. The van der Waals surface area contributed by atoms with Gasteiger partial charge in [-0.3, -0.25) is 9.59 Å². The summed E-state index contributed by atoms with van der Waals surface area (Å²) in [4.78, 5) is 30.6. The van der Waals surface area contributed by atoms with Gasteiger partial charge in [-0.2, -0.15) is 0 Å². The summed E-state index contributed by atoms with van der Waals surface area (Å²) >= 11 is 0. The minimum atomic E-state index is -0.0600. The highest BCUT2D eigenvalue weighted by Gasteiger charge is 2.24. The molecule has 0 bridgehead atoms. The summed E-state index contributed by atoms with van der Waals surface area (Å²) in [5.41, 5.74) is 3.73. The Hall–Kier alpha value is -3.70. The van der Waals surface area contributed by atoms with E-state index < -0.39 is 0 Å². The Bertz CT molecular complexity index is 1560. The summed E-state index contributed by atoms with van der Waals surface area (Å²) in [6.07, 6.45) is 5.01. The summed E-state index contributed by atoms with van der Waals surface area (Å²) in [6.45, 7) is 2.78. The van der Waals surface area contributed by atoms with Crippen LogP contribution >= 0.6 is 0 Å². The van der Waals surface area contributed by atoms with Crippen molar-refractivity contribution < 1.29 is 9.21 Å². The van der Waals surface area contributed by atoms with E-state index in [0.29, 0.717) is 28.9 Å². The number of aromatic amines is 1. The molecule has 0 radical (unpaired) electrons. The topological polar surface area (TPSA) is 66.3 Å². The van der Waals surface area contributed by atoms with Crippen LogP contribution in [0.4, 0.5) is 0 Å². The van der Waals surface area contributed by atoms with Gasteiger partial charge in [0.25, 0.3) is 0 Å². The number of carbonyl (C=O) groups excluding carboxylic acids is 1. The summed E-state index contributed by atoms with van der Waals surface area (Å²) in [5, 5.41) is 3.65. The zero-order chi connectivity index (χ0) is 22.4. The Morgan fingerprint density at radius 1 is 1.00 bits per heavy atom. The molecule has 3 heterocycles. The molecule has 0 aliphatic carbocycles. The van der Waals surface area contributed by atoms with Crippen LogP contribution < -0.4 is 5.43 Å². The van der Waals surface area contributed by atoms with Gasteiger partial charge in [-0.25, -0.2) is 0 Å². The summed E-state index contributed by atoms with van der Waals surface area (Å²) in [6, 6.07) is 19.6. The van der Waals surface area contributed by atoms with E-state index >= 15 is 0 Å². The van der Waals surface area contributed by atoms with E-state index in [4.69, 9.17) is 4.42 Å². The van der Waals surface area contributed by atoms with Crippen LogP contribution in [-0.4, -0.2) is 35.3 Å². The maximum Gasteiger partial charge on any atom is 0.192 e. The predicted molar refractivity (Wildman–Crippen MR) is 131 cm³/mol. The van der Waals surface area contributed by atoms with Crippen LogP contribution in [0.5, 0.6) is 0 Å². The molecule has 5 nitrogen and oxygen atoms in total. The van der Waals surface area contributed by atoms with E-state index in [9.17, 15) is 9.59 Å². The number of likely N-dealkylation sites (tertiary alicyclic amines) is 1. The fourth-order valence-corrected chi connectivity index (χ4v) is 5.04. The van der Waals surface area contributed by atoms with Crippen molar-refractivity contribution >= 4 is 38.4 Å². The first kappa shape index (κ1) is 19.9. The number of rotatable bonds is 5. The van der Waals surface area contributed by atoms with Crippen molar-refractivity contribution in [3.63, 3.8) is 0 Å². The minimum absolute atomic E-state index is 0.0600. The van der Waals surface area contributed by atoms with Crippen LogP contribution in [0.25, 0.3) is 32.6 Å². The Morgan fingerprint density at radius 3 is 2.88 bits per heavy atom. The number of aromatic nitrogens is 1. The smallest absolute Gasteiger partial charge is 0.192 e. The Labute approximate surface area is 190 Å². The van der Waals surface area contributed by atoms with Crippen LogP contribution in [-0.2, 0) is 0 Å². The summed E-state index contributed by atoms with van der Waals surface area (Å²) in [5.74, 6) is 0.659. The number of fused-ring (bicyclic) bond motifs is 3. The van der Waals surface area contributed by atoms with Crippen molar-refractivity contribution in [2.75, 3.05) is 19.6 Å². The second-order valence-corrected chi connectivity index (χ2v) is 8.98. The number of benzene rings is 3. The Kier molecular flexibility index (Phi) is 4.84. The molecule has 6 rings (SSSR count). The van der Waals surface area contributed by atoms with Crippen molar-refractivity contribution in [3.8, 4) is 0 Å². The molecule has 5 aromatic rings. The van der Waals surface area contributed by atoms with Crippen molar-refractivity contribution in [2.45, 2.75) is 18.8 Å². The molecule has 1 aliphatic heterocycles. The molecule has 5 heteroatoms. The zero-order valence-corrected chi connectivity index (χ0v) is 18.2. The maximum absolute atomic E-state index is 12.9. The van der Waals surface area contributed by atoms with E-state index in [1.807, 2.05) is 36.5 Å². The van der Waals surface area contributed by atoms with Gasteiger partial charge >= 0.3 is 0 Å². The molecule has 0 spiro atoms. The normalized spacial score (nSPS) is 16.8. The van der Waals surface area contributed by atoms with Gasteiger partial charge in [0.1, 0.15) is 5.58 Å². The second-order valence-electron chi connectivity index (χ2n) is 8.98. The lowest BCUT2D eigenvalue weighted by atomic mass is 9.97. The first-order valence-corrected chi connectivity index (χ1v) is 11.4. The lowest BCUT2D eigenvalue weighted by Crippen LogP contribution is -2.23. The van der Waals surface area contributed by atoms with Gasteiger partial charge in [-0.15, -0.1) is 0 Å². The highest BCUT2D eigenvalue weighted by Crippen LogP contribution is 2.29. The van der Waals surface area contributed by atoms with Gasteiger partial charge in [-0.05, 0) is 77.0 Å². The predicted octanol–water partition coefficient (Wildman–Crippen LogP) is 5.49. The van der Waals surface area contributed by atoms with Crippen LogP contribution in [0.1, 0.15) is 34.7 Å². The van der Waals surface area contributed by atoms with Crippen molar-refractivity contribution in [1.82, 2.24) is 9.88 Å². The van der Waals surface area contributed by atoms with E-state index in [1.165, 1.54) is 28.8 Å². The fourth-order valence-electron chi connectivity index (χ4n) is 5.04. The fraction of sp³-hybridized carbons (Fsp3) is 0.214. The average molecular weight is 437 g/mol. The number of nitrogens with one attached hydrogen (secondary N) is 1. The minimum Gasteiger partial charge on any atom is -0.464 e. The van der Waals surface area contributed by atoms with Crippen LogP contribution in [0.2, 0.25) is 0 Å². The average Bonchev–Trinajstić information content (AvgIpc) is 3.50.